The van der Waals surface area contributed by atoms with Crippen LogP contribution >= 0.6 is 11.8 Å². The van der Waals surface area contributed by atoms with Crippen LogP contribution in [-0.4, -0.2) is 17.4 Å². The second kappa shape index (κ2) is 6.75. The Balaban J connectivity index is 1.78. The van der Waals surface area contributed by atoms with Crippen molar-refractivity contribution in [1.82, 2.24) is 0 Å². The molecule has 0 saturated heterocycles. The molecule has 3 rings (SSSR count). The van der Waals surface area contributed by atoms with Crippen LogP contribution in [0.1, 0.15) is 17.3 Å². The molecule has 23 heavy (non-hydrogen) atoms. The molecule has 3 nitrogen and oxygen atoms in total. The lowest BCUT2D eigenvalue weighted by Crippen LogP contribution is -2.16. The van der Waals surface area contributed by atoms with Gasteiger partial charge >= 0.3 is 0 Å². The number of para-hydroxylation sites is 2. The third-order valence-electron chi connectivity index (χ3n) is 3.61. The zero-order valence-corrected chi connectivity index (χ0v) is 13.6. The van der Waals surface area contributed by atoms with Crippen molar-refractivity contribution in [3.05, 3.63) is 77.4 Å². The summed E-state index contributed by atoms with van der Waals surface area (Å²) in [4.78, 5) is 15.6. The second-order valence-corrected chi connectivity index (χ2v) is 6.12. The van der Waals surface area contributed by atoms with Crippen molar-refractivity contribution < 1.29 is 9.90 Å². The molecule has 2 aromatic rings. The lowest BCUT2D eigenvalue weighted by molar-refractivity contribution is 0.104. The maximum absolute atomic E-state index is 12.1. The highest BCUT2D eigenvalue weighted by Gasteiger charge is 2.22. The average Bonchev–Trinajstić information content (AvgIpc) is 2.92. The Morgan fingerprint density at radius 3 is 2.70 bits per heavy atom. The van der Waals surface area contributed by atoms with Crippen LogP contribution in [0.2, 0.25) is 0 Å². The number of ketones is 1. The number of phenolic OH excluding ortho intramolecular Hbond substituents is 1. The summed E-state index contributed by atoms with van der Waals surface area (Å²) in [7, 11) is 0. The van der Waals surface area contributed by atoms with Crippen LogP contribution < -0.4 is 4.90 Å². The number of phenols is 1. The fourth-order valence-corrected chi connectivity index (χ4v) is 3.63. The summed E-state index contributed by atoms with van der Waals surface area (Å²) < 4.78 is 0. The van der Waals surface area contributed by atoms with E-state index in [1.54, 1.807) is 36.0 Å². The number of thioether (sulfide) groups is 1. The van der Waals surface area contributed by atoms with Crippen molar-refractivity contribution in [2.24, 2.45) is 0 Å². The minimum atomic E-state index is -0.205. The van der Waals surface area contributed by atoms with Gasteiger partial charge in [-0.2, -0.15) is 0 Å². The van der Waals surface area contributed by atoms with E-state index in [-0.39, 0.29) is 11.5 Å². The summed E-state index contributed by atoms with van der Waals surface area (Å²) in [5, 5.41) is 10.8. The zero-order valence-electron chi connectivity index (χ0n) is 12.8. The highest BCUT2D eigenvalue weighted by Crippen LogP contribution is 2.45. The van der Waals surface area contributed by atoms with E-state index in [2.05, 4.69) is 24.0 Å². The molecule has 0 aliphatic carbocycles. The molecule has 0 bridgehead atoms. The fourth-order valence-electron chi connectivity index (χ4n) is 2.49. The normalized spacial score (nSPS) is 15.3. The molecular weight excluding hydrogens is 306 g/mol. The molecule has 1 aliphatic heterocycles. The lowest BCUT2D eigenvalue weighted by atomic mass is 10.1. The minimum Gasteiger partial charge on any atom is -0.507 e. The minimum absolute atomic E-state index is 0.00707. The summed E-state index contributed by atoms with van der Waals surface area (Å²) >= 11 is 1.69. The van der Waals surface area contributed by atoms with E-state index in [0.29, 0.717) is 5.56 Å². The Morgan fingerprint density at radius 1 is 1.17 bits per heavy atom. The number of rotatable bonds is 4. The third-order valence-corrected chi connectivity index (χ3v) is 4.74. The number of aromatic hydroxyl groups is 1. The molecule has 0 aromatic heterocycles. The van der Waals surface area contributed by atoms with E-state index < -0.39 is 0 Å². The van der Waals surface area contributed by atoms with Crippen LogP contribution in [0.3, 0.4) is 0 Å². The van der Waals surface area contributed by atoms with Gasteiger partial charge in [-0.05, 0) is 43.3 Å². The highest BCUT2D eigenvalue weighted by molar-refractivity contribution is 8.03. The van der Waals surface area contributed by atoms with Gasteiger partial charge in [-0.3, -0.25) is 4.79 Å². The molecule has 1 N–H and O–H groups in total. The Bertz CT molecular complexity index is 795. The van der Waals surface area contributed by atoms with Gasteiger partial charge in [-0.1, -0.05) is 42.1 Å². The van der Waals surface area contributed by atoms with Crippen LogP contribution in [0.4, 0.5) is 5.69 Å². The van der Waals surface area contributed by atoms with Crippen LogP contribution in [0.25, 0.3) is 0 Å². The molecule has 116 valence electrons. The van der Waals surface area contributed by atoms with E-state index in [4.69, 9.17) is 0 Å². The number of fused-ring (bicyclic) bond motifs is 1. The SMILES string of the molecule is CCN1/C(=C/C=C/C(=O)c2ccccc2O)Sc2ccccc21. The van der Waals surface area contributed by atoms with Gasteiger partial charge in [0.05, 0.1) is 16.3 Å². The molecule has 4 heteroatoms. The maximum Gasteiger partial charge on any atom is 0.189 e. The largest absolute Gasteiger partial charge is 0.507 e. The van der Waals surface area contributed by atoms with E-state index in [9.17, 15) is 9.90 Å². The summed E-state index contributed by atoms with van der Waals surface area (Å²) in [6.45, 7) is 2.98. The molecule has 1 heterocycles. The Labute approximate surface area is 139 Å². The number of allylic oxidation sites excluding steroid dienone is 3. The van der Waals surface area contributed by atoms with Crippen molar-refractivity contribution in [1.29, 1.82) is 0 Å². The Kier molecular flexibility index (Phi) is 4.53. The Hall–Kier alpha value is -2.46. The number of hydrogen-bond donors (Lipinski definition) is 1. The number of anilines is 1. The first kappa shape index (κ1) is 15.4. The first-order valence-electron chi connectivity index (χ1n) is 7.46. The Morgan fingerprint density at radius 2 is 1.91 bits per heavy atom. The van der Waals surface area contributed by atoms with Crippen molar-refractivity contribution in [2.75, 3.05) is 11.4 Å². The molecule has 1 aliphatic rings. The first-order valence-corrected chi connectivity index (χ1v) is 8.27. The molecule has 0 radical (unpaired) electrons. The van der Waals surface area contributed by atoms with Crippen molar-refractivity contribution >= 4 is 23.2 Å². The van der Waals surface area contributed by atoms with Gasteiger partial charge in [0, 0.05) is 11.4 Å². The monoisotopic (exact) mass is 323 g/mol. The summed E-state index contributed by atoms with van der Waals surface area (Å²) in [6, 6.07) is 14.8. The molecule has 0 spiro atoms. The van der Waals surface area contributed by atoms with E-state index >= 15 is 0 Å². The molecule has 0 fully saturated rings. The van der Waals surface area contributed by atoms with Crippen LogP contribution in [0.15, 0.2) is 76.7 Å². The van der Waals surface area contributed by atoms with Gasteiger partial charge in [-0.25, -0.2) is 0 Å². The molecular formula is C19H17NO2S. The standard InChI is InChI=1S/C19H17NO2S/c1-2-20-15-9-4-6-12-18(15)23-19(20)13-7-11-17(22)14-8-3-5-10-16(14)21/h3-13,21H,2H2,1H3/b11-7+,19-13-. The van der Waals surface area contributed by atoms with Gasteiger partial charge < -0.3 is 10.0 Å². The number of benzene rings is 2. The predicted molar refractivity (Wildman–Crippen MR) is 95.0 cm³/mol. The maximum atomic E-state index is 12.1. The zero-order chi connectivity index (χ0) is 16.2. The molecule has 0 saturated carbocycles. The van der Waals surface area contributed by atoms with Gasteiger partial charge in [-0.15, -0.1) is 0 Å². The van der Waals surface area contributed by atoms with Gasteiger partial charge in [0.1, 0.15) is 5.75 Å². The van der Waals surface area contributed by atoms with E-state index in [1.165, 1.54) is 22.7 Å². The van der Waals surface area contributed by atoms with Crippen molar-refractivity contribution in [2.45, 2.75) is 11.8 Å². The smallest absolute Gasteiger partial charge is 0.189 e. The lowest BCUT2D eigenvalue weighted by Gasteiger charge is -2.17. The van der Waals surface area contributed by atoms with Crippen molar-refractivity contribution in [3.8, 4) is 5.75 Å². The molecule has 0 amide bonds. The quantitative estimate of drug-likeness (QED) is 0.659. The number of carbonyl (C=O) groups is 1. The first-order chi connectivity index (χ1) is 11.2. The summed E-state index contributed by atoms with van der Waals surface area (Å²) in [6.07, 6.45) is 5.16. The molecule has 0 atom stereocenters. The van der Waals surface area contributed by atoms with Gasteiger partial charge in [0.15, 0.2) is 5.78 Å². The highest BCUT2D eigenvalue weighted by atomic mass is 32.2. The van der Waals surface area contributed by atoms with Crippen LogP contribution in [0, 0.1) is 0 Å². The molecule has 2 aromatic carbocycles. The third kappa shape index (κ3) is 3.17. The summed E-state index contributed by atoms with van der Waals surface area (Å²) in [5.41, 5.74) is 1.52. The van der Waals surface area contributed by atoms with E-state index in [0.717, 1.165) is 11.6 Å². The van der Waals surface area contributed by atoms with Gasteiger partial charge in [0.25, 0.3) is 0 Å². The predicted octanol–water partition coefficient (Wildman–Crippen LogP) is 4.60. The van der Waals surface area contributed by atoms with Crippen LogP contribution in [0.5, 0.6) is 5.75 Å². The van der Waals surface area contributed by atoms with Crippen LogP contribution in [-0.2, 0) is 0 Å². The van der Waals surface area contributed by atoms with E-state index in [1.807, 2.05) is 18.2 Å². The topological polar surface area (TPSA) is 40.5 Å². The van der Waals surface area contributed by atoms with Crippen molar-refractivity contribution in [3.63, 3.8) is 0 Å². The summed E-state index contributed by atoms with van der Waals surface area (Å²) in [5.74, 6) is -0.198. The number of carbonyl (C=O) groups excluding carboxylic acids is 1. The fraction of sp³-hybridized carbons (Fsp3) is 0.105. The molecule has 0 unspecified atom stereocenters. The van der Waals surface area contributed by atoms with Gasteiger partial charge in [0.2, 0.25) is 0 Å². The second-order valence-electron chi connectivity index (χ2n) is 5.06. The number of nitrogens with zero attached hydrogens (tertiary/aromatic N) is 1. The number of hydrogen-bond acceptors (Lipinski definition) is 4. The average molecular weight is 323 g/mol.